The fraction of sp³-hybridized carbons (Fsp3) is 0.500. The number of aliphatic imine (C=N–C) groups is 1. The number of alkyl halides is 10. The standard InChI is InChI=1S/C52H60F12N10O7/c1-49(2,51(59,60)61)42(69-47(78)80-5)44(76)68-38(19-29-10-7-28(8-11-29)9-12-30-13-16-41(67-22-30)72-23-32-14-15-33(24-72)74(32)27-40(55)56)39(75)26-73(71-45(77)43(70-48(79)81-6)50(3,4)52(62,63)64)25-34-35(53)20-31(21-36(34)54)37(65)17-18-66-46(57)58/h7-8,10-11,13,16-18,20-22,32-33,38-40,42-43,46,75H,14-15,19,23-27,65H2,1-6H3,(H,68,76)(H,69,78)(H,70,79)(H,71,77)/b37-17-,66-18+/t32?,33?,38-,39-,42+,43+/m0/s1. The lowest BCUT2D eigenvalue weighted by Gasteiger charge is -2.41. The maximum absolute atomic E-state index is 15.9. The van der Waals surface area contributed by atoms with E-state index in [1.807, 2.05) is 20.5 Å². The second-order valence-corrected chi connectivity index (χ2v) is 20.2. The first kappa shape index (κ1) is 64.5. The van der Waals surface area contributed by atoms with Crippen LogP contribution in [0, 0.1) is 34.3 Å². The molecular weight excluding hydrogens is 1100 g/mol. The van der Waals surface area contributed by atoms with Gasteiger partial charge in [0, 0.05) is 78.6 Å². The first-order chi connectivity index (χ1) is 37.7. The number of rotatable bonds is 21. The minimum absolute atomic E-state index is 0.0323. The maximum atomic E-state index is 15.9. The number of carbonyl (C=O) groups is 4. The second-order valence-electron chi connectivity index (χ2n) is 20.2. The summed E-state index contributed by atoms with van der Waals surface area (Å²) < 4.78 is 179. The predicted molar refractivity (Wildman–Crippen MR) is 270 cm³/mol. The Morgan fingerprint density at radius 2 is 1.33 bits per heavy atom. The third-order valence-electron chi connectivity index (χ3n) is 13.9. The third kappa shape index (κ3) is 16.9. The first-order valence-corrected chi connectivity index (χ1v) is 24.7. The van der Waals surface area contributed by atoms with E-state index in [2.05, 4.69) is 36.6 Å². The summed E-state index contributed by atoms with van der Waals surface area (Å²) >= 11 is 0. The number of fused-ring (bicyclic) bond motifs is 2. The van der Waals surface area contributed by atoms with E-state index in [1.165, 1.54) is 30.5 Å². The van der Waals surface area contributed by atoms with Crippen LogP contribution in [0.5, 0.6) is 0 Å². The summed E-state index contributed by atoms with van der Waals surface area (Å²) in [6, 6.07) is 3.61. The number of ether oxygens (including phenoxy) is 2. The van der Waals surface area contributed by atoms with Gasteiger partial charge in [0.2, 0.25) is 5.91 Å². The van der Waals surface area contributed by atoms with Crippen molar-refractivity contribution >= 4 is 41.7 Å². The number of amides is 4. The van der Waals surface area contributed by atoms with Gasteiger partial charge in [-0.2, -0.15) is 35.1 Å². The Labute approximate surface area is 457 Å². The van der Waals surface area contributed by atoms with Gasteiger partial charge in [-0.15, -0.1) is 0 Å². The molecule has 2 aliphatic rings. The number of anilines is 1. The van der Waals surface area contributed by atoms with E-state index in [0.717, 1.165) is 33.1 Å². The van der Waals surface area contributed by atoms with Crippen LogP contribution in [0.3, 0.4) is 0 Å². The monoisotopic (exact) mass is 1160 g/mol. The van der Waals surface area contributed by atoms with E-state index in [4.69, 9.17) is 5.73 Å². The number of nitrogens with zero attached hydrogens (tertiary/aromatic N) is 5. The Balaban J connectivity index is 1.50. The molecule has 2 aliphatic heterocycles. The lowest BCUT2D eigenvalue weighted by Crippen LogP contribution is -2.63. The fourth-order valence-corrected chi connectivity index (χ4v) is 8.90. The van der Waals surface area contributed by atoms with Crippen LogP contribution in [0.4, 0.5) is 68.1 Å². The van der Waals surface area contributed by atoms with Gasteiger partial charge in [-0.1, -0.05) is 24.0 Å². The summed E-state index contributed by atoms with van der Waals surface area (Å²) in [5.74, 6) is 0.330. The van der Waals surface area contributed by atoms with E-state index in [1.54, 1.807) is 17.4 Å². The first-order valence-electron chi connectivity index (χ1n) is 24.7. The molecule has 3 heterocycles. The number of pyridine rings is 1. The molecule has 3 aromatic rings. The van der Waals surface area contributed by atoms with Crippen LogP contribution in [-0.4, -0.2) is 152 Å². The van der Waals surface area contributed by atoms with Gasteiger partial charge >= 0.3 is 31.1 Å². The molecule has 2 fully saturated rings. The fourth-order valence-electron chi connectivity index (χ4n) is 8.90. The highest BCUT2D eigenvalue weighted by molar-refractivity contribution is 5.87. The zero-order chi connectivity index (χ0) is 60.4. The lowest BCUT2D eigenvalue weighted by molar-refractivity contribution is -0.221. The molecule has 0 aliphatic carbocycles. The van der Waals surface area contributed by atoms with Crippen LogP contribution >= 0.6 is 0 Å². The third-order valence-corrected chi connectivity index (χ3v) is 13.9. The molecule has 2 unspecified atom stereocenters. The van der Waals surface area contributed by atoms with E-state index in [0.29, 0.717) is 81.1 Å². The second kappa shape index (κ2) is 27.0. The molecule has 2 bridgehead atoms. The number of benzene rings is 2. The van der Waals surface area contributed by atoms with Gasteiger partial charge in [0.15, 0.2) is 0 Å². The van der Waals surface area contributed by atoms with Crippen molar-refractivity contribution in [2.24, 2.45) is 21.6 Å². The molecule has 6 atom stereocenters. The van der Waals surface area contributed by atoms with E-state index >= 15 is 8.78 Å². The smallest absolute Gasteiger partial charge is 0.407 e. The van der Waals surface area contributed by atoms with E-state index in [-0.39, 0.29) is 24.2 Å². The zero-order valence-electron chi connectivity index (χ0n) is 44.4. The minimum Gasteiger partial charge on any atom is -0.453 e. The van der Waals surface area contributed by atoms with Crippen molar-refractivity contribution in [3.8, 4) is 11.8 Å². The average molecular weight is 1170 g/mol. The van der Waals surface area contributed by atoms with Crippen LogP contribution in [0.1, 0.15) is 68.4 Å². The number of hydrazine groups is 1. The van der Waals surface area contributed by atoms with Crippen molar-refractivity contribution < 1.29 is 86.4 Å². The molecule has 2 aromatic carbocycles. The van der Waals surface area contributed by atoms with Crippen molar-refractivity contribution in [3.63, 3.8) is 0 Å². The summed E-state index contributed by atoms with van der Waals surface area (Å²) in [6.45, 7) is -2.56. The number of aliphatic hydroxyl groups is 1. The van der Waals surface area contributed by atoms with Crippen LogP contribution in [0.15, 0.2) is 65.8 Å². The summed E-state index contributed by atoms with van der Waals surface area (Å²) in [4.78, 5) is 63.9. The Bertz CT molecular complexity index is 2770. The molecule has 4 amide bonds. The van der Waals surface area contributed by atoms with Crippen LogP contribution in [0.2, 0.25) is 0 Å². The normalized spacial score (nSPS) is 17.8. The largest absolute Gasteiger partial charge is 0.453 e. The summed E-state index contributed by atoms with van der Waals surface area (Å²) in [6.07, 6.45) is -14.2. The lowest BCUT2D eigenvalue weighted by atomic mass is 9.82. The number of alkyl carbamates (subject to hydrolysis) is 2. The van der Waals surface area contributed by atoms with Gasteiger partial charge in [0.05, 0.1) is 43.7 Å². The van der Waals surface area contributed by atoms with Crippen molar-refractivity contribution in [2.45, 2.75) is 115 Å². The summed E-state index contributed by atoms with van der Waals surface area (Å²) in [7, 11) is 1.57. The maximum Gasteiger partial charge on any atom is 0.407 e. The summed E-state index contributed by atoms with van der Waals surface area (Å²) in [5, 5.41) is 18.3. The van der Waals surface area contributed by atoms with Crippen molar-refractivity contribution in [1.82, 2.24) is 36.3 Å². The van der Waals surface area contributed by atoms with Gasteiger partial charge in [-0.3, -0.25) is 19.9 Å². The Morgan fingerprint density at radius 1 is 0.815 bits per heavy atom. The molecule has 29 heteroatoms. The number of hydrogen-bond acceptors (Lipinski definition) is 13. The van der Waals surface area contributed by atoms with E-state index in [9.17, 15) is 68.2 Å². The number of aromatic nitrogens is 1. The highest BCUT2D eigenvalue weighted by atomic mass is 19.4. The van der Waals surface area contributed by atoms with Crippen LogP contribution < -0.4 is 32.0 Å². The molecule has 1 aromatic heterocycles. The molecule has 0 saturated carbocycles. The number of aliphatic hydroxyl groups excluding tert-OH is 1. The average Bonchev–Trinajstić information content (AvgIpc) is 3.69. The molecular formula is C52H60F12N10O7. The number of carbonyl (C=O) groups excluding carboxylic acids is 4. The Kier molecular flexibility index (Phi) is 21.5. The van der Waals surface area contributed by atoms with Gasteiger partial charge < -0.3 is 41.2 Å². The Hall–Kier alpha value is -7.32. The van der Waals surface area contributed by atoms with Gasteiger partial charge in [0.25, 0.3) is 12.3 Å². The predicted octanol–water partition coefficient (Wildman–Crippen LogP) is 6.82. The number of allylic oxidation sites excluding steroid dienone is 1. The molecule has 444 valence electrons. The highest BCUT2D eigenvalue weighted by Crippen LogP contribution is 2.42. The quantitative estimate of drug-likeness (QED) is 0.0213. The van der Waals surface area contributed by atoms with Crippen LogP contribution in [-0.2, 0) is 32.0 Å². The van der Waals surface area contributed by atoms with Crippen molar-refractivity contribution in [3.05, 3.63) is 100 Å². The molecule has 0 radical (unpaired) electrons. The topological polar surface area (TPSA) is 216 Å². The number of halogens is 12. The van der Waals surface area contributed by atoms with Crippen molar-refractivity contribution in [2.75, 3.05) is 45.3 Å². The number of hydrogen-bond donors (Lipinski definition) is 6. The molecule has 7 N–H and O–H groups in total. The Morgan fingerprint density at radius 3 is 1.81 bits per heavy atom. The van der Waals surface area contributed by atoms with Gasteiger partial charge in [0.1, 0.15) is 29.5 Å². The molecule has 0 spiro atoms. The van der Waals surface area contributed by atoms with Crippen molar-refractivity contribution in [1.29, 1.82) is 0 Å². The molecule has 5 rings (SSSR count). The zero-order valence-corrected chi connectivity index (χ0v) is 44.4. The minimum atomic E-state index is -5.25. The van der Waals surface area contributed by atoms with Gasteiger partial charge in [-0.05, 0) is 95.0 Å². The van der Waals surface area contributed by atoms with Crippen LogP contribution in [0.25, 0.3) is 5.70 Å². The number of methoxy groups -OCH3 is 2. The number of nitrogens with two attached hydrogens (primary N) is 1. The molecule has 2 saturated heterocycles. The van der Waals surface area contributed by atoms with Gasteiger partial charge in [-0.25, -0.2) is 42.1 Å². The molecule has 81 heavy (non-hydrogen) atoms. The molecule has 17 nitrogen and oxygen atoms in total. The SMILES string of the molecule is COC(=O)N[C@H](C(=O)N[C@@H](Cc1ccc(C#Cc2ccc(N3CC4CCC(C3)N4CC(F)F)nc2)cc1)[C@@H](O)CN(Cc1c(F)cc(/C(N)=C/C=N/C(F)F)cc1F)NC(=O)[C@@H](NC(=O)OC)C(C)(C)C(F)(F)F)C(C)(C)C(F)(F)F. The van der Waals surface area contributed by atoms with E-state index < -0.39 is 132 Å². The highest BCUT2D eigenvalue weighted by Gasteiger charge is 2.57. The summed E-state index contributed by atoms with van der Waals surface area (Å²) in [5.41, 5.74) is 0.847. The number of piperazine rings is 1. The number of nitrogens with one attached hydrogen (secondary N) is 4.